The number of nitrogens with zero attached hydrogens (tertiary/aromatic N) is 1. The zero-order valence-corrected chi connectivity index (χ0v) is 9.83. The van der Waals surface area contributed by atoms with Crippen LogP contribution in [0, 0.1) is 5.41 Å². The van der Waals surface area contributed by atoms with Crippen molar-refractivity contribution < 1.29 is 4.79 Å². The summed E-state index contributed by atoms with van der Waals surface area (Å²) in [6, 6.07) is 1.91. The Hall–Kier alpha value is -1.58. The molecule has 0 aromatic carbocycles. The Kier molecular flexibility index (Phi) is 2.50. The Labute approximate surface area is 101 Å². The third kappa shape index (κ3) is 1.77. The number of pyridine rings is 1. The first-order chi connectivity index (χ1) is 8.30. The molecule has 0 atom stereocenters. The van der Waals surface area contributed by atoms with Crippen molar-refractivity contribution in [1.82, 2.24) is 4.98 Å². The molecule has 2 aliphatic rings. The number of carbonyl (C=O) groups is 1. The van der Waals surface area contributed by atoms with Crippen molar-refractivity contribution >= 4 is 17.3 Å². The molecule has 1 aliphatic heterocycles. The quantitative estimate of drug-likeness (QED) is 0.721. The molecule has 1 amide bonds. The zero-order valence-electron chi connectivity index (χ0n) is 9.83. The van der Waals surface area contributed by atoms with Crippen LogP contribution in [0.25, 0.3) is 0 Å². The van der Waals surface area contributed by atoms with Crippen molar-refractivity contribution in [2.75, 3.05) is 17.2 Å². The van der Waals surface area contributed by atoms with Crippen LogP contribution in [-0.2, 0) is 4.79 Å². The van der Waals surface area contributed by atoms with Crippen LogP contribution in [0.5, 0.6) is 0 Å². The molecule has 0 unspecified atom stereocenters. The topological polar surface area (TPSA) is 54.0 Å². The normalized spacial score (nSPS) is 22.2. The van der Waals surface area contributed by atoms with Gasteiger partial charge in [-0.3, -0.25) is 9.78 Å². The first-order valence-corrected chi connectivity index (χ1v) is 6.30. The average Bonchev–Trinajstić information content (AvgIpc) is 2.50. The molecular formula is C13H17N3O. The molecule has 1 aliphatic carbocycles. The van der Waals surface area contributed by atoms with Gasteiger partial charge >= 0.3 is 0 Å². The van der Waals surface area contributed by atoms with Gasteiger partial charge in [-0.25, -0.2) is 0 Å². The Morgan fingerprint density at radius 3 is 2.82 bits per heavy atom. The molecule has 0 radical (unpaired) electrons. The third-order valence-corrected chi connectivity index (χ3v) is 3.98. The number of carbonyl (C=O) groups excluding carboxylic acids is 1. The lowest BCUT2D eigenvalue weighted by atomic mass is 9.73. The average molecular weight is 231 g/mol. The summed E-state index contributed by atoms with van der Waals surface area (Å²) < 4.78 is 0. The van der Waals surface area contributed by atoms with Crippen LogP contribution in [0.2, 0.25) is 0 Å². The summed E-state index contributed by atoms with van der Waals surface area (Å²) in [6.45, 7) is 0.746. The minimum absolute atomic E-state index is 0.163. The van der Waals surface area contributed by atoms with E-state index in [1.54, 1.807) is 12.4 Å². The van der Waals surface area contributed by atoms with E-state index in [-0.39, 0.29) is 11.3 Å². The Morgan fingerprint density at radius 1 is 1.18 bits per heavy atom. The number of hydrogen-bond acceptors (Lipinski definition) is 3. The molecule has 1 saturated carbocycles. The molecular weight excluding hydrogens is 214 g/mol. The minimum Gasteiger partial charge on any atom is -0.382 e. The lowest BCUT2D eigenvalue weighted by molar-refractivity contribution is -0.126. The molecule has 1 fully saturated rings. The summed E-state index contributed by atoms with van der Waals surface area (Å²) in [5, 5.41) is 6.41. The highest BCUT2D eigenvalue weighted by atomic mass is 16.2. The zero-order chi connectivity index (χ0) is 11.7. The third-order valence-electron chi connectivity index (χ3n) is 3.98. The first-order valence-electron chi connectivity index (χ1n) is 6.30. The van der Waals surface area contributed by atoms with Gasteiger partial charge in [-0.15, -0.1) is 0 Å². The van der Waals surface area contributed by atoms with Crippen LogP contribution in [0.3, 0.4) is 0 Å². The standard InChI is InChI=1S/C13H17N3O/c17-12-13(5-2-1-3-6-13)9-15-10-4-7-14-8-11(10)16-12/h4,7-8,15H,1-3,5-6,9H2,(H,16,17). The SMILES string of the molecule is O=C1Nc2cnccc2NCC12CCCCC2. The highest BCUT2D eigenvalue weighted by Crippen LogP contribution is 2.40. The van der Waals surface area contributed by atoms with Crippen LogP contribution in [-0.4, -0.2) is 17.4 Å². The van der Waals surface area contributed by atoms with Crippen molar-refractivity contribution in [3.63, 3.8) is 0 Å². The fourth-order valence-electron chi connectivity index (χ4n) is 2.88. The van der Waals surface area contributed by atoms with Crippen molar-refractivity contribution in [3.8, 4) is 0 Å². The Morgan fingerprint density at radius 2 is 2.00 bits per heavy atom. The summed E-state index contributed by atoms with van der Waals surface area (Å²) in [4.78, 5) is 16.4. The highest BCUT2D eigenvalue weighted by Gasteiger charge is 2.41. The second-order valence-corrected chi connectivity index (χ2v) is 5.07. The summed E-state index contributed by atoms with van der Waals surface area (Å²) in [5.41, 5.74) is 1.58. The van der Waals surface area contributed by atoms with E-state index in [0.29, 0.717) is 0 Å². The minimum atomic E-state index is -0.211. The van der Waals surface area contributed by atoms with Gasteiger partial charge in [0.05, 0.1) is 23.0 Å². The van der Waals surface area contributed by atoms with Gasteiger partial charge in [0, 0.05) is 12.7 Å². The van der Waals surface area contributed by atoms with Gasteiger partial charge < -0.3 is 10.6 Å². The van der Waals surface area contributed by atoms with E-state index in [2.05, 4.69) is 15.6 Å². The van der Waals surface area contributed by atoms with Gasteiger partial charge in [0.15, 0.2) is 0 Å². The second-order valence-electron chi connectivity index (χ2n) is 5.07. The molecule has 90 valence electrons. The van der Waals surface area contributed by atoms with E-state index in [0.717, 1.165) is 43.6 Å². The Balaban J connectivity index is 1.91. The van der Waals surface area contributed by atoms with Crippen molar-refractivity contribution in [2.24, 2.45) is 5.41 Å². The number of nitrogens with one attached hydrogen (secondary N) is 2. The lowest BCUT2D eigenvalue weighted by Crippen LogP contribution is -2.41. The monoisotopic (exact) mass is 231 g/mol. The first kappa shape index (κ1) is 10.6. The smallest absolute Gasteiger partial charge is 0.232 e. The molecule has 2 N–H and O–H groups in total. The van der Waals surface area contributed by atoms with Gasteiger partial charge in [0.1, 0.15) is 0 Å². The van der Waals surface area contributed by atoms with E-state index in [9.17, 15) is 4.79 Å². The predicted octanol–water partition coefficient (Wildman–Crippen LogP) is 2.40. The molecule has 1 aromatic rings. The molecule has 4 nitrogen and oxygen atoms in total. The van der Waals surface area contributed by atoms with E-state index in [4.69, 9.17) is 0 Å². The van der Waals surface area contributed by atoms with E-state index < -0.39 is 0 Å². The predicted molar refractivity (Wildman–Crippen MR) is 66.9 cm³/mol. The molecule has 0 saturated heterocycles. The summed E-state index contributed by atoms with van der Waals surface area (Å²) in [6.07, 6.45) is 9.01. The van der Waals surface area contributed by atoms with E-state index in [1.165, 1.54) is 6.42 Å². The summed E-state index contributed by atoms with van der Waals surface area (Å²) in [5.74, 6) is 0.163. The number of hydrogen-bond donors (Lipinski definition) is 2. The van der Waals surface area contributed by atoms with Crippen LogP contribution < -0.4 is 10.6 Å². The summed E-state index contributed by atoms with van der Waals surface area (Å²) >= 11 is 0. The molecule has 2 heterocycles. The van der Waals surface area contributed by atoms with Crippen molar-refractivity contribution in [1.29, 1.82) is 0 Å². The maximum Gasteiger partial charge on any atom is 0.232 e. The van der Waals surface area contributed by atoms with Crippen LogP contribution in [0.15, 0.2) is 18.5 Å². The van der Waals surface area contributed by atoms with Crippen molar-refractivity contribution in [3.05, 3.63) is 18.5 Å². The molecule has 0 bridgehead atoms. The van der Waals surface area contributed by atoms with Crippen molar-refractivity contribution in [2.45, 2.75) is 32.1 Å². The van der Waals surface area contributed by atoms with Gasteiger partial charge in [-0.2, -0.15) is 0 Å². The lowest BCUT2D eigenvalue weighted by Gasteiger charge is -2.34. The highest BCUT2D eigenvalue weighted by molar-refractivity contribution is 5.99. The summed E-state index contributed by atoms with van der Waals surface area (Å²) in [7, 11) is 0. The number of aromatic nitrogens is 1. The van der Waals surface area contributed by atoms with Gasteiger partial charge in [-0.1, -0.05) is 19.3 Å². The maximum atomic E-state index is 12.4. The van der Waals surface area contributed by atoms with E-state index in [1.807, 2.05) is 6.07 Å². The fraction of sp³-hybridized carbons (Fsp3) is 0.538. The van der Waals surface area contributed by atoms with Crippen LogP contribution in [0.1, 0.15) is 32.1 Å². The molecule has 17 heavy (non-hydrogen) atoms. The Bertz CT molecular complexity index is 438. The molecule has 3 rings (SSSR count). The largest absolute Gasteiger partial charge is 0.382 e. The molecule has 1 aromatic heterocycles. The number of anilines is 2. The van der Waals surface area contributed by atoms with Crippen LogP contribution >= 0.6 is 0 Å². The number of rotatable bonds is 0. The van der Waals surface area contributed by atoms with E-state index >= 15 is 0 Å². The number of amides is 1. The maximum absolute atomic E-state index is 12.4. The molecule has 1 spiro atoms. The molecule has 4 heteroatoms. The van der Waals surface area contributed by atoms with Gasteiger partial charge in [-0.05, 0) is 18.9 Å². The second kappa shape index (κ2) is 4.02. The van der Waals surface area contributed by atoms with Gasteiger partial charge in [0.2, 0.25) is 5.91 Å². The fourth-order valence-corrected chi connectivity index (χ4v) is 2.88. The van der Waals surface area contributed by atoms with Gasteiger partial charge in [0.25, 0.3) is 0 Å². The number of fused-ring (bicyclic) bond motifs is 1. The van der Waals surface area contributed by atoms with Crippen LogP contribution in [0.4, 0.5) is 11.4 Å².